The van der Waals surface area contributed by atoms with Gasteiger partial charge < -0.3 is 0 Å². The van der Waals surface area contributed by atoms with Gasteiger partial charge in [-0.1, -0.05) is 152 Å². The fraction of sp³-hybridized carbons (Fsp3) is 0. The molecular formula is C45H27N3S. The van der Waals surface area contributed by atoms with E-state index in [0.29, 0.717) is 17.5 Å². The lowest BCUT2D eigenvalue weighted by Gasteiger charge is -2.13. The summed E-state index contributed by atoms with van der Waals surface area (Å²) in [6.07, 6.45) is 0. The molecule has 0 unspecified atom stereocenters. The van der Waals surface area contributed by atoms with Crippen LogP contribution in [0.2, 0.25) is 0 Å². The lowest BCUT2D eigenvalue weighted by atomic mass is 9.91. The van der Waals surface area contributed by atoms with Crippen LogP contribution in [-0.4, -0.2) is 15.0 Å². The van der Waals surface area contributed by atoms with Crippen LogP contribution in [-0.2, 0) is 0 Å². The Kier molecular flexibility index (Phi) is 6.36. The maximum Gasteiger partial charge on any atom is 0.164 e. The first kappa shape index (κ1) is 27.8. The molecule has 228 valence electrons. The van der Waals surface area contributed by atoms with Gasteiger partial charge in [0.25, 0.3) is 0 Å². The van der Waals surface area contributed by atoms with Crippen LogP contribution in [0.25, 0.3) is 97.8 Å². The van der Waals surface area contributed by atoms with Crippen molar-refractivity contribution in [1.29, 1.82) is 0 Å². The van der Waals surface area contributed by atoms with E-state index in [1.54, 1.807) is 0 Å². The highest BCUT2D eigenvalue weighted by Gasteiger charge is 2.16. The minimum atomic E-state index is 0.655. The van der Waals surface area contributed by atoms with Crippen LogP contribution < -0.4 is 0 Å². The van der Waals surface area contributed by atoms with E-state index in [4.69, 9.17) is 15.0 Å². The molecule has 3 nitrogen and oxygen atoms in total. The topological polar surface area (TPSA) is 38.7 Å². The smallest absolute Gasteiger partial charge is 0.164 e. The second-order valence-electron chi connectivity index (χ2n) is 12.4. The summed E-state index contributed by atoms with van der Waals surface area (Å²) in [5.41, 5.74) is 5.20. The zero-order valence-corrected chi connectivity index (χ0v) is 27.2. The first-order valence-corrected chi connectivity index (χ1v) is 17.3. The van der Waals surface area contributed by atoms with Gasteiger partial charge in [0.05, 0.1) is 0 Å². The summed E-state index contributed by atoms with van der Waals surface area (Å²) in [6.45, 7) is 0. The summed E-state index contributed by atoms with van der Waals surface area (Å²) in [4.78, 5) is 14.7. The second-order valence-corrected chi connectivity index (χ2v) is 13.4. The molecule has 0 amide bonds. The Hall–Kier alpha value is -6.23. The van der Waals surface area contributed by atoms with Crippen LogP contribution >= 0.6 is 11.3 Å². The van der Waals surface area contributed by atoms with Crippen molar-refractivity contribution < 1.29 is 0 Å². The van der Waals surface area contributed by atoms with E-state index in [0.717, 1.165) is 22.3 Å². The SMILES string of the molecule is c1ccc(-c2nc(-c3ccccc3)nc(-c3ccc(-c4ccc5c(c4)c4ccccc4c4ccc6c7ccccc7sc6c45)cc3)n2)cc1. The average molecular weight is 642 g/mol. The van der Waals surface area contributed by atoms with Gasteiger partial charge in [-0.25, -0.2) is 15.0 Å². The number of hydrogen-bond acceptors (Lipinski definition) is 4. The molecule has 0 bridgehead atoms. The Morgan fingerprint density at radius 3 is 1.41 bits per heavy atom. The molecule has 49 heavy (non-hydrogen) atoms. The summed E-state index contributed by atoms with van der Waals surface area (Å²) >= 11 is 1.90. The molecule has 0 aliphatic carbocycles. The van der Waals surface area contributed by atoms with Gasteiger partial charge >= 0.3 is 0 Å². The molecule has 2 heterocycles. The highest BCUT2D eigenvalue weighted by atomic mass is 32.1. The van der Waals surface area contributed by atoms with Gasteiger partial charge in [0.15, 0.2) is 17.5 Å². The van der Waals surface area contributed by atoms with Crippen LogP contribution in [0.15, 0.2) is 164 Å². The summed E-state index contributed by atoms with van der Waals surface area (Å²) in [6, 6.07) is 58.0. The van der Waals surface area contributed by atoms with Crippen molar-refractivity contribution in [3.63, 3.8) is 0 Å². The minimum absolute atomic E-state index is 0.655. The van der Waals surface area contributed by atoms with Gasteiger partial charge in [0.2, 0.25) is 0 Å². The second kappa shape index (κ2) is 11.2. The third-order valence-electron chi connectivity index (χ3n) is 9.52. The van der Waals surface area contributed by atoms with E-state index >= 15 is 0 Å². The molecule has 10 aromatic rings. The Labute approximate surface area is 286 Å². The van der Waals surface area contributed by atoms with Gasteiger partial charge in [-0.05, 0) is 50.2 Å². The Morgan fingerprint density at radius 2 is 0.755 bits per heavy atom. The Balaban J connectivity index is 1.12. The van der Waals surface area contributed by atoms with Crippen molar-refractivity contribution in [2.24, 2.45) is 0 Å². The van der Waals surface area contributed by atoms with Crippen molar-refractivity contribution in [3.05, 3.63) is 164 Å². The molecule has 0 radical (unpaired) electrons. The van der Waals surface area contributed by atoms with Gasteiger partial charge in [-0.2, -0.15) is 0 Å². The third kappa shape index (κ3) is 4.61. The van der Waals surface area contributed by atoms with E-state index in [-0.39, 0.29) is 0 Å². The molecule has 0 aliphatic heterocycles. The van der Waals surface area contributed by atoms with Gasteiger partial charge in [-0.3, -0.25) is 0 Å². The van der Waals surface area contributed by atoms with E-state index < -0.39 is 0 Å². The third-order valence-corrected chi connectivity index (χ3v) is 10.7. The number of thiophene rings is 1. The van der Waals surface area contributed by atoms with E-state index in [2.05, 4.69) is 103 Å². The number of aromatic nitrogens is 3. The van der Waals surface area contributed by atoms with Gasteiger partial charge in [-0.15, -0.1) is 11.3 Å². The fourth-order valence-corrected chi connectivity index (χ4v) is 8.41. The van der Waals surface area contributed by atoms with Gasteiger partial charge in [0, 0.05) is 42.2 Å². The number of rotatable bonds is 4. The van der Waals surface area contributed by atoms with Crippen molar-refractivity contribution in [1.82, 2.24) is 15.0 Å². The largest absolute Gasteiger partial charge is 0.208 e. The first-order valence-electron chi connectivity index (χ1n) is 16.4. The quantitative estimate of drug-likeness (QED) is 0.180. The van der Waals surface area contributed by atoms with Crippen LogP contribution in [0.1, 0.15) is 0 Å². The highest BCUT2D eigenvalue weighted by Crippen LogP contribution is 2.45. The predicted molar refractivity (Wildman–Crippen MR) is 207 cm³/mol. The maximum atomic E-state index is 4.93. The summed E-state index contributed by atoms with van der Waals surface area (Å²) in [5, 5.41) is 10.4. The van der Waals surface area contributed by atoms with Crippen molar-refractivity contribution in [2.45, 2.75) is 0 Å². The lowest BCUT2D eigenvalue weighted by Crippen LogP contribution is -2.00. The molecule has 4 heteroatoms. The van der Waals surface area contributed by atoms with Gasteiger partial charge in [0.1, 0.15) is 0 Å². The van der Waals surface area contributed by atoms with Crippen LogP contribution in [0.4, 0.5) is 0 Å². The molecule has 0 saturated carbocycles. The fourth-order valence-electron chi connectivity index (χ4n) is 7.15. The monoisotopic (exact) mass is 641 g/mol. The molecule has 0 aliphatic rings. The predicted octanol–water partition coefficient (Wildman–Crippen LogP) is 12.4. The molecular weight excluding hydrogens is 615 g/mol. The van der Waals surface area contributed by atoms with Crippen LogP contribution in [0.5, 0.6) is 0 Å². The molecule has 0 atom stereocenters. The minimum Gasteiger partial charge on any atom is -0.208 e. The number of nitrogens with zero attached hydrogens (tertiary/aromatic N) is 3. The van der Waals surface area contributed by atoms with E-state index in [1.165, 1.54) is 58.1 Å². The molecule has 8 aromatic carbocycles. The number of fused-ring (bicyclic) bond motifs is 10. The molecule has 2 aromatic heterocycles. The molecule has 0 spiro atoms. The number of benzene rings is 8. The molecule has 0 saturated heterocycles. The summed E-state index contributed by atoms with van der Waals surface area (Å²) in [7, 11) is 0. The Bertz CT molecular complexity index is 2800. The normalized spacial score (nSPS) is 11.7. The van der Waals surface area contributed by atoms with Crippen molar-refractivity contribution in [2.75, 3.05) is 0 Å². The average Bonchev–Trinajstić information content (AvgIpc) is 3.57. The number of hydrogen-bond donors (Lipinski definition) is 0. The van der Waals surface area contributed by atoms with Crippen LogP contribution in [0.3, 0.4) is 0 Å². The maximum absolute atomic E-state index is 4.93. The zero-order valence-electron chi connectivity index (χ0n) is 26.3. The molecule has 0 N–H and O–H groups in total. The lowest BCUT2D eigenvalue weighted by molar-refractivity contribution is 1.07. The van der Waals surface area contributed by atoms with E-state index in [1.807, 2.05) is 72.0 Å². The highest BCUT2D eigenvalue weighted by molar-refractivity contribution is 7.26. The standard InChI is InChI=1S/C45H27N3S/c1-3-11-29(12-4-1)43-46-44(30-13-5-2-6-14-30)48-45(47-43)31-21-19-28(20-22-31)32-23-24-37-39(27-32)34-16-8-7-15-33(34)36-25-26-38-35-17-9-10-18-40(35)49-42(38)41(36)37/h1-27H. The zero-order chi connectivity index (χ0) is 32.3. The summed E-state index contributed by atoms with van der Waals surface area (Å²) in [5.74, 6) is 1.98. The van der Waals surface area contributed by atoms with Crippen molar-refractivity contribution in [3.8, 4) is 45.3 Å². The molecule has 0 fully saturated rings. The summed E-state index contributed by atoms with van der Waals surface area (Å²) < 4.78 is 2.68. The Morgan fingerprint density at radius 1 is 0.306 bits per heavy atom. The van der Waals surface area contributed by atoms with Crippen molar-refractivity contribution >= 4 is 63.8 Å². The molecule has 10 rings (SSSR count). The van der Waals surface area contributed by atoms with E-state index in [9.17, 15) is 0 Å². The first-order chi connectivity index (χ1) is 24.3. The van der Waals surface area contributed by atoms with Crippen LogP contribution in [0, 0.1) is 0 Å².